The zero-order valence-corrected chi connectivity index (χ0v) is 10.3. The molecule has 0 radical (unpaired) electrons. The summed E-state index contributed by atoms with van der Waals surface area (Å²) in [5, 5.41) is 11.0. The average molecular weight is 234 g/mol. The number of carbonyl (C=O) groups excluding carboxylic acids is 1. The molecule has 5 nitrogen and oxygen atoms in total. The van der Waals surface area contributed by atoms with Crippen LogP contribution >= 0.6 is 0 Å². The number of amides is 1. The molecule has 1 heterocycles. The van der Waals surface area contributed by atoms with Gasteiger partial charge in [-0.1, -0.05) is 0 Å². The number of hydrogen-bond acceptors (Lipinski definition) is 4. The zero-order valence-electron chi connectivity index (χ0n) is 10.3. The smallest absolute Gasteiger partial charge is 0.274 e. The molecule has 1 aliphatic carbocycles. The summed E-state index contributed by atoms with van der Waals surface area (Å²) in [7, 11) is 0. The molecule has 1 aliphatic rings. The minimum atomic E-state index is -0.00875. The standard InChI is InChI=1S/C12H18N4O/c1-3-13-11-8-7-10(14-15-11)12(17)16(4-2)9-5-6-9/h7-9H,3-6H2,1-2H3,(H,13,15). The number of aromatic nitrogens is 2. The van der Waals surface area contributed by atoms with Crippen LogP contribution in [0.5, 0.6) is 0 Å². The summed E-state index contributed by atoms with van der Waals surface area (Å²) >= 11 is 0. The molecule has 5 heteroatoms. The first-order valence-corrected chi connectivity index (χ1v) is 6.14. The van der Waals surface area contributed by atoms with Crippen LogP contribution in [0, 0.1) is 0 Å². The Morgan fingerprint density at radius 1 is 1.41 bits per heavy atom. The Balaban J connectivity index is 2.07. The van der Waals surface area contributed by atoms with E-state index in [1.165, 1.54) is 0 Å². The van der Waals surface area contributed by atoms with Crippen molar-refractivity contribution in [3.05, 3.63) is 17.8 Å². The van der Waals surface area contributed by atoms with Crippen molar-refractivity contribution < 1.29 is 4.79 Å². The van der Waals surface area contributed by atoms with Crippen molar-refractivity contribution in [2.75, 3.05) is 18.4 Å². The Labute approximate surface area is 101 Å². The van der Waals surface area contributed by atoms with Crippen LogP contribution in [0.1, 0.15) is 37.2 Å². The molecule has 2 rings (SSSR count). The molecule has 1 fully saturated rings. The van der Waals surface area contributed by atoms with Crippen LogP contribution in [0.25, 0.3) is 0 Å². The van der Waals surface area contributed by atoms with E-state index >= 15 is 0 Å². The van der Waals surface area contributed by atoms with E-state index in [0.29, 0.717) is 17.6 Å². The lowest BCUT2D eigenvalue weighted by molar-refractivity contribution is 0.0745. The van der Waals surface area contributed by atoms with E-state index in [0.717, 1.165) is 25.9 Å². The summed E-state index contributed by atoms with van der Waals surface area (Å²) in [6.07, 6.45) is 2.23. The maximum absolute atomic E-state index is 12.1. The third kappa shape index (κ3) is 2.72. The third-order valence-electron chi connectivity index (χ3n) is 2.83. The second-order valence-electron chi connectivity index (χ2n) is 4.16. The summed E-state index contributed by atoms with van der Waals surface area (Å²) in [5.41, 5.74) is 0.431. The van der Waals surface area contributed by atoms with Gasteiger partial charge in [-0.25, -0.2) is 0 Å². The van der Waals surface area contributed by atoms with Crippen LogP contribution < -0.4 is 5.32 Å². The molecule has 1 aromatic heterocycles. The van der Waals surface area contributed by atoms with Gasteiger partial charge in [0.05, 0.1) is 0 Å². The number of nitrogens with zero attached hydrogens (tertiary/aromatic N) is 3. The third-order valence-corrected chi connectivity index (χ3v) is 2.83. The fourth-order valence-corrected chi connectivity index (χ4v) is 1.82. The normalized spacial score (nSPS) is 14.5. The molecule has 0 spiro atoms. The highest BCUT2D eigenvalue weighted by Gasteiger charge is 2.32. The molecular weight excluding hydrogens is 216 g/mol. The van der Waals surface area contributed by atoms with Crippen LogP contribution in [0.4, 0.5) is 5.82 Å². The second-order valence-corrected chi connectivity index (χ2v) is 4.16. The van der Waals surface area contributed by atoms with Gasteiger partial charge in [0.25, 0.3) is 5.91 Å². The Morgan fingerprint density at radius 2 is 2.18 bits per heavy atom. The monoisotopic (exact) mass is 234 g/mol. The SMILES string of the molecule is CCNc1ccc(C(=O)N(CC)C2CC2)nn1. The highest BCUT2D eigenvalue weighted by molar-refractivity contribution is 5.92. The average Bonchev–Trinajstić information content (AvgIpc) is 3.16. The van der Waals surface area contributed by atoms with E-state index in [1.807, 2.05) is 18.7 Å². The van der Waals surface area contributed by atoms with Crippen LogP contribution in [-0.4, -0.2) is 40.1 Å². The van der Waals surface area contributed by atoms with Crippen molar-refractivity contribution in [2.24, 2.45) is 0 Å². The number of anilines is 1. The fraction of sp³-hybridized carbons (Fsp3) is 0.583. The molecule has 92 valence electrons. The minimum Gasteiger partial charge on any atom is -0.369 e. The molecule has 0 atom stereocenters. The highest BCUT2D eigenvalue weighted by atomic mass is 16.2. The van der Waals surface area contributed by atoms with Crippen molar-refractivity contribution in [3.8, 4) is 0 Å². The lowest BCUT2D eigenvalue weighted by Crippen LogP contribution is -2.33. The Kier molecular flexibility index (Phi) is 3.56. The van der Waals surface area contributed by atoms with E-state index in [1.54, 1.807) is 12.1 Å². The molecule has 0 aliphatic heterocycles. The lowest BCUT2D eigenvalue weighted by Gasteiger charge is -2.19. The lowest BCUT2D eigenvalue weighted by atomic mass is 10.3. The van der Waals surface area contributed by atoms with Gasteiger partial charge >= 0.3 is 0 Å². The van der Waals surface area contributed by atoms with Crippen LogP contribution in [0.3, 0.4) is 0 Å². The van der Waals surface area contributed by atoms with Gasteiger partial charge in [0.2, 0.25) is 0 Å². The maximum Gasteiger partial charge on any atom is 0.274 e. The Morgan fingerprint density at radius 3 is 2.65 bits per heavy atom. The van der Waals surface area contributed by atoms with Crippen LogP contribution in [0.15, 0.2) is 12.1 Å². The molecule has 0 bridgehead atoms. The topological polar surface area (TPSA) is 58.1 Å². The Bertz CT molecular complexity index is 386. The van der Waals surface area contributed by atoms with E-state index < -0.39 is 0 Å². The molecular formula is C12H18N4O. The van der Waals surface area contributed by atoms with E-state index in [2.05, 4.69) is 15.5 Å². The fourth-order valence-electron chi connectivity index (χ4n) is 1.82. The molecule has 1 N–H and O–H groups in total. The number of hydrogen-bond donors (Lipinski definition) is 1. The van der Waals surface area contributed by atoms with Crippen molar-refractivity contribution in [1.29, 1.82) is 0 Å². The molecule has 1 aromatic rings. The van der Waals surface area contributed by atoms with E-state index in [-0.39, 0.29) is 5.91 Å². The first-order chi connectivity index (χ1) is 8.26. The minimum absolute atomic E-state index is 0.00875. The largest absolute Gasteiger partial charge is 0.369 e. The first-order valence-electron chi connectivity index (χ1n) is 6.14. The van der Waals surface area contributed by atoms with Gasteiger partial charge in [-0.05, 0) is 38.8 Å². The number of rotatable bonds is 5. The maximum atomic E-state index is 12.1. The molecule has 0 aromatic carbocycles. The van der Waals surface area contributed by atoms with Crippen molar-refractivity contribution >= 4 is 11.7 Å². The molecule has 1 saturated carbocycles. The second kappa shape index (κ2) is 5.12. The summed E-state index contributed by atoms with van der Waals surface area (Å²) in [6, 6.07) is 3.95. The molecule has 0 unspecified atom stereocenters. The molecule has 17 heavy (non-hydrogen) atoms. The molecule has 1 amide bonds. The molecule has 0 saturated heterocycles. The van der Waals surface area contributed by atoms with Gasteiger partial charge in [0.15, 0.2) is 5.69 Å². The number of carbonyl (C=O) groups is 1. The van der Waals surface area contributed by atoms with Gasteiger partial charge in [-0.2, -0.15) is 0 Å². The van der Waals surface area contributed by atoms with Crippen molar-refractivity contribution in [1.82, 2.24) is 15.1 Å². The van der Waals surface area contributed by atoms with Gasteiger partial charge in [-0.15, -0.1) is 10.2 Å². The predicted octanol–water partition coefficient (Wildman–Crippen LogP) is 1.53. The quantitative estimate of drug-likeness (QED) is 0.839. The van der Waals surface area contributed by atoms with E-state index in [9.17, 15) is 4.79 Å². The summed E-state index contributed by atoms with van der Waals surface area (Å²) in [4.78, 5) is 14.0. The van der Waals surface area contributed by atoms with Crippen molar-refractivity contribution in [3.63, 3.8) is 0 Å². The van der Waals surface area contributed by atoms with Gasteiger partial charge in [0.1, 0.15) is 5.82 Å². The number of nitrogens with one attached hydrogen (secondary N) is 1. The highest BCUT2D eigenvalue weighted by Crippen LogP contribution is 2.27. The first kappa shape index (κ1) is 11.8. The van der Waals surface area contributed by atoms with Gasteiger partial charge in [-0.3, -0.25) is 4.79 Å². The van der Waals surface area contributed by atoms with Crippen LogP contribution in [0.2, 0.25) is 0 Å². The predicted molar refractivity (Wildman–Crippen MR) is 65.9 cm³/mol. The summed E-state index contributed by atoms with van der Waals surface area (Å²) in [6.45, 7) is 5.52. The summed E-state index contributed by atoms with van der Waals surface area (Å²) < 4.78 is 0. The van der Waals surface area contributed by atoms with E-state index in [4.69, 9.17) is 0 Å². The van der Waals surface area contributed by atoms with Crippen molar-refractivity contribution in [2.45, 2.75) is 32.7 Å². The van der Waals surface area contributed by atoms with Crippen LogP contribution in [-0.2, 0) is 0 Å². The van der Waals surface area contributed by atoms with Gasteiger partial charge < -0.3 is 10.2 Å². The summed E-state index contributed by atoms with van der Waals surface area (Å²) in [5.74, 6) is 0.698. The Hall–Kier alpha value is -1.65. The van der Waals surface area contributed by atoms with Gasteiger partial charge in [0, 0.05) is 19.1 Å². The zero-order chi connectivity index (χ0) is 12.3.